The Hall–Kier alpha value is -1.70. The molecule has 1 fully saturated rings. The molecule has 7 nitrogen and oxygen atoms in total. The van der Waals surface area contributed by atoms with Crippen molar-refractivity contribution in [3.05, 3.63) is 34.4 Å². The third kappa shape index (κ3) is 2.76. The first-order valence-electron chi connectivity index (χ1n) is 5.45. The van der Waals surface area contributed by atoms with E-state index < -0.39 is 23.4 Å². The molecule has 1 aromatic carbocycles. The summed E-state index contributed by atoms with van der Waals surface area (Å²) >= 11 is 0. The zero-order valence-electron chi connectivity index (χ0n) is 9.43. The monoisotopic (exact) mass is 255 g/mol. The molecule has 2 N–H and O–H groups in total. The number of nitro groups is 1. The van der Waals surface area contributed by atoms with Crippen molar-refractivity contribution in [2.45, 2.75) is 24.9 Å². The molecule has 1 aliphatic heterocycles. The summed E-state index contributed by atoms with van der Waals surface area (Å²) in [5.74, 6) is 0.413. The molecule has 1 unspecified atom stereocenters. The number of nitro benzene ring substituents is 1. The average Bonchev–Trinajstić information content (AvgIpc) is 2.70. The summed E-state index contributed by atoms with van der Waals surface area (Å²) in [5.41, 5.74) is -0.0250. The van der Waals surface area contributed by atoms with E-state index in [2.05, 4.69) is 0 Å². The van der Waals surface area contributed by atoms with Crippen LogP contribution in [0.4, 0.5) is 5.69 Å². The lowest BCUT2D eigenvalue weighted by molar-refractivity contribution is -0.384. The predicted octanol–water partition coefficient (Wildman–Crippen LogP) is 0.442. The molecule has 0 aliphatic carbocycles. The van der Waals surface area contributed by atoms with Gasteiger partial charge in [-0.25, -0.2) is 0 Å². The standard InChI is InChI=1S/C11H13NO6/c13-6-10-9(14)5-11(18-10)17-8-3-1-7(2-4-8)12(15)16/h1-4,9-11,13-14H,5-6H2/t9-,10+,11?/m0/s1. The number of rotatable bonds is 4. The maximum absolute atomic E-state index is 10.5. The number of aliphatic hydroxyl groups excluding tert-OH is 2. The third-order valence-corrected chi connectivity index (χ3v) is 2.68. The van der Waals surface area contributed by atoms with Crippen LogP contribution in [0.15, 0.2) is 24.3 Å². The van der Waals surface area contributed by atoms with E-state index in [4.69, 9.17) is 14.6 Å². The van der Waals surface area contributed by atoms with Crippen LogP contribution < -0.4 is 4.74 Å². The van der Waals surface area contributed by atoms with Gasteiger partial charge in [-0.05, 0) is 12.1 Å². The van der Waals surface area contributed by atoms with Crippen molar-refractivity contribution in [2.75, 3.05) is 6.61 Å². The number of hydrogen-bond donors (Lipinski definition) is 2. The number of aliphatic hydroxyl groups is 2. The summed E-state index contributed by atoms with van der Waals surface area (Å²) in [6.07, 6.45) is -1.81. The highest BCUT2D eigenvalue weighted by molar-refractivity contribution is 5.36. The summed E-state index contributed by atoms with van der Waals surface area (Å²) in [7, 11) is 0. The first-order valence-corrected chi connectivity index (χ1v) is 5.45. The average molecular weight is 255 g/mol. The lowest BCUT2D eigenvalue weighted by Gasteiger charge is -2.13. The molecule has 1 aliphatic rings. The Morgan fingerprint density at radius 1 is 1.44 bits per heavy atom. The van der Waals surface area contributed by atoms with E-state index in [1.807, 2.05) is 0 Å². The molecule has 2 rings (SSSR count). The second-order valence-electron chi connectivity index (χ2n) is 3.96. The SMILES string of the molecule is O=[N+]([O-])c1ccc(OC2C[C@H](O)[C@@H](CO)O2)cc1. The Kier molecular flexibility index (Phi) is 3.75. The van der Waals surface area contributed by atoms with E-state index in [0.29, 0.717) is 5.75 Å². The van der Waals surface area contributed by atoms with Crippen molar-refractivity contribution in [2.24, 2.45) is 0 Å². The van der Waals surface area contributed by atoms with Crippen LogP contribution in [0, 0.1) is 10.1 Å². The summed E-state index contributed by atoms with van der Waals surface area (Å²) < 4.78 is 10.6. The second kappa shape index (κ2) is 5.30. The van der Waals surface area contributed by atoms with Crippen LogP contribution in [0.1, 0.15) is 6.42 Å². The number of benzene rings is 1. The van der Waals surface area contributed by atoms with Gasteiger partial charge in [0.15, 0.2) is 0 Å². The minimum absolute atomic E-state index is 0.0250. The second-order valence-corrected chi connectivity index (χ2v) is 3.96. The normalized spacial score (nSPS) is 27.1. The van der Waals surface area contributed by atoms with Gasteiger partial charge in [0.1, 0.15) is 11.9 Å². The molecular formula is C11H13NO6. The van der Waals surface area contributed by atoms with Gasteiger partial charge in [0.2, 0.25) is 6.29 Å². The molecule has 98 valence electrons. The van der Waals surface area contributed by atoms with Gasteiger partial charge >= 0.3 is 0 Å². The Balaban J connectivity index is 1.96. The van der Waals surface area contributed by atoms with Crippen molar-refractivity contribution in [3.8, 4) is 5.75 Å². The maximum Gasteiger partial charge on any atom is 0.269 e. The molecule has 18 heavy (non-hydrogen) atoms. The Morgan fingerprint density at radius 2 is 2.11 bits per heavy atom. The fourth-order valence-electron chi connectivity index (χ4n) is 1.73. The predicted molar refractivity (Wildman–Crippen MR) is 60.1 cm³/mol. The molecular weight excluding hydrogens is 242 g/mol. The molecule has 1 saturated heterocycles. The van der Waals surface area contributed by atoms with E-state index in [-0.39, 0.29) is 18.7 Å². The van der Waals surface area contributed by atoms with Gasteiger partial charge in [0.05, 0.1) is 17.6 Å². The van der Waals surface area contributed by atoms with Crippen LogP contribution in [0.3, 0.4) is 0 Å². The highest BCUT2D eigenvalue weighted by atomic mass is 16.7. The minimum atomic E-state index is -0.766. The van der Waals surface area contributed by atoms with Gasteiger partial charge in [-0.15, -0.1) is 0 Å². The number of hydrogen-bond acceptors (Lipinski definition) is 6. The third-order valence-electron chi connectivity index (χ3n) is 2.68. The van der Waals surface area contributed by atoms with Gasteiger partial charge < -0.3 is 19.7 Å². The van der Waals surface area contributed by atoms with Crippen LogP contribution in [0.25, 0.3) is 0 Å². The summed E-state index contributed by atoms with van der Waals surface area (Å²) in [6, 6.07) is 5.56. The summed E-state index contributed by atoms with van der Waals surface area (Å²) in [6.45, 7) is -0.276. The van der Waals surface area contributed by atoms with Gasteiger partial charge in [0.25, 0.3) is 5.69 Å². The molecule has 0 amide bonds. The molecule has 3 atom stereocenters. The van der Waals surface area contributed by atoms with Crippen molar-refractivity contribution in [1.82, 2.24) is 0 Å². The number of non-ortho nitro benzene ring substituents is 1. The highest BCUT2D eigenvalue weighted by Gasteiger charge is 2.34. The van der Waals surface area contributed by atoms with Gasteiger partial charge in [-0.2, -0.15) is 0 Å². The molecule has 1 heterocycles. The molecule has 0 aromatic heterocycles. The maximum atomic E-state index is 10.5. The first-order chi connectivity index (χ1) is 8.60. The van der Waals surface area contributed by atoms with Gasteiger partial charge in [-0.1, -0.05) is 0 Å². The van der Waals surface area contributed by atoms with Crippen molar-refractivity contribution >= 4 is 5.69 Å². The lowest BCUT2D eigenvalue weighted by Crippen LogP contribution is -2.24. The molecule has 1 aromatic rings. The smallest absolute Gasteiger partial charge is 0.269 e. The van der Waals surface area contributed by atoms with Crippen molar-refractivity contribution in [3.63, 3.8) is 0 Å². The van der Waals surface area contributed by atoms with E-state index in [1.165, 1.54) is 24.3 Å². The zero-order valence-corrected chi connectivity index (χ0v) is 9.43. The summed E-state index contributed by atoms with van der Waals surface area (Å²) in [4.78, 5) is 9.96. The highest BCUT2D eigenvalue weighted by Crippen LogP contribution is 2.25. The van der Waals surface area contributed by atoms with Crippen LogP contribution >= 0.6 is 0 Å². The fraction of sp³-hybridized carbons (Fsp3) is 0.455. The van der Waals surface area contributed by atoms with Crippen LogP contribution in [-0.2, 0) is 4.74 Å². The summed E-state index contributed by atoms with van der Waals surface area (Å²) in [5, 5.41) is 28.9. The van der Waals surface area contributed by atoms with Crippen molar-refractivity contribution in [1.29, 1.82) is 0 Å². The van der Waals surface area contributed by atoms with Gasteiger partial charge in [-0.3, -0.25) is 10.1 Å². The molecule has 0 saturated carbocycles. The topological polar surface area (TPSA) is 102 Å². The van der Waals surface area contributed by atoms with Gasteiger partial charge in [0, 0.05) is 18.6 Å². The largest absolute Gasteiger partial charge is 0.465 e. The van der Waals surface area contributed by atoms with E-state index in [0.717, 1.165) is 0 Å². The van der Waals surface area contributed by atoms with Crippen LogP contribution in [0.5, 0.6) is 5.75 Å². The zero-order chi connectivity index (χ0) is 13.1. The first kappa shape index (κ1) is 12.7. The van der Waals surface area contributed by atoms with E-state index in [1.54, 1.807) is 0 Å². The minimum Gasteiger partial charge on any atom is -0.465 e. The Labute approximate surface area is 103 Å². The van der Waals surface area contributed by atoms with E-state index in [9.17, 15) is 15.2 Å². The quantitative estimate of drug-likeness (QED) is 0.598. The molecule has 0 radical (unpaired) electrons. The molecule has 0 bridgehead atoms. The number of nitrogens with zero attached hydrogens (tertiary/aromatic N) is 1. The van der Waals surface area contributed by atoms with Crippen LogP contribution in [0.2, 0.25) is 0 Å². The molecule has 7 heteroatoms. The Morgan fingerprint density at radius 3 is 2.61 bits per heavy atom. The van der Waals surface area contributed by atoms with E-state index >= 15 is 0 Å². The fourth-order valence-corrected chi connectivity index (χ4v) is 1.73. The van der Waals surface area contributed by atoms with Crippen LogP contribution in [-0.4, -0.2) is 40.2 Å². The number of ether oxygens (including phenoxy) is 2. The molecule has 0 spiro atoms. The lowest BCUT2D eigenvalue weighted by atomic mass is 10.2. The van der Waals surface area contributed by atoms with Crippen molar-refractivity contribution < 1.29 is 24.6 Å². The Bertz CT molecular complexity index is 420.